The largest absolute Gasteiger partial charge is 0.338 e. The number of nitrogens with zero attached hydrogens (tertiary/aromatic N) is 3. The number of carbonyl (C=O) groups is 1. The molecular weight excluding hydrogens is 234 g/mol. The summed E-state index contributed by atoms with van der Waals surface area (Å²) in [6.07, 6.45) is 4.82. The van der Waals surface area contributed by atoms with E-state index in [2.05, 4.69) is 9.97 Å². The van der Waals surface area contributed by atoms with Crippen molar-refractivity contribution >= 4 is 17.1 Å². The Bertz CT molecular complexity index is 542. The van der Waals surface area contributed by atoms with Crippen LogP contribution in [0.5, 0.6) is 0 Å². The zero-order chi connectivity index (χ0) is 12.4. The molecule has 0 bridgehead atoms. The molecule has 0 aliphatic carbocycles. The standard InChI is InChI=1S/C12H15N3OS/c1-8-12(17-9(2)14-8)10(16)4-5-11-13-6-7-15(11)3/h6-7H,4-5H2,1-3H3. The number of ketones is 1. The van der Waals surface area contributed by atoms with E-state index in [0.29, 0.717) is 12.8 Å². The number of hydrogen-bond acceptors (Lipinski definition) is 4. The molecule has 2 aromatic heterocycles. The Morgan fingerprint density at radius 2 is 2.24 bits per heavy atom. The third-order valence-corrected chi connectivity index (χ3v) is 3.77. The molecule has 2 heterocycles. The SMILES string of the molecule is Cc1nc(C)c(C(=O)CCc2nccn2C)s1. The van der Waals surface area contributed by atoms with Crippen molar-refractivity contribution in [2.75, 3.05) is 0 Å². The van der Waals surface area contributed by atoms with E-state index < -0.39 is 0 Å². The van der Waals surface area contributed by atoms with Gasteiger partial charge >= 0.3 is 0 Å². The van der Waals surface area contributed by atoms with E-state index in [9.17, 15) is 4.79 Å². The predicted molar refractivity (Wildman–Crippen MR) is 67.4 cm³/mol. The zero-order valence-corrected chi connectivity index (χ0v) is 11.0. The Morgan fingerprint density at radius 3 is 2.76 bits per heavy atom. The fraction of sp³-hybridized carbons (Fsp3) is 0.417. The topological polar surface area (TPSA) is 47.8 Å². The summed E-state index contributed by atoms with van der Waals surface area (Å²) >= 11 is 1.48. The Labute approximate surface area is 104 Å². The van der Waals surface area contributed by atoms with Gasteiger partial charge in [-0.1, -0.05) is 0 Å². The summed E-state index contributed by atoms with van der Waals surface area (Å²) in [4.78, 5) is 21.3. The molecule has 0 unspecified atom stereocenters. The lowest BCUT2D eigenvalue weighted by Crippen LogP contribution is -2.04. The fourth-order valence-electron chi connectivity index (χ4n) is 1.77. The van der Waals surface area contributed by atoms with Gasteiger partial charge in [-0.2, -0.15) is 0 Å². The summed E-state index contributed by atoms with van der Waals surface area (Å²) in [6, 6.07) is 0. The first kappa shape index (κ1) is 12.0. The number of imidazole rings is 1. The maximum Gasteiger partial charge on any atom is 0.175 e. The summed E-state index contributed by atoms with van der Waals surface area (Å²) in [5.74, 6) is 1.10. The van der Waals surface area contributed by atoms with Crippen LogP contribution in [0.15, 0.2) is 12.4 Å². The maximum absolute atomic E-state index is 12.0. The van der Waals surface area contributed by atoms with Gasteiger partial charge in [-0.25, -0.2) is 9.97 Å². The smallest absolute Gasteiger partial charge is 0.175 e. The van der Waals surface area contributed by atoms with Crippen molar-refractivity contribution in [2.24, 2.45) is 7.05 Å². The van der Waals surface area contributed by atoms with Crippen molar-refractivity contribution in [3.05, 3.63) is 33.8 Å². The van der Waals surface area contributed by atoms with Crippen LogP contribution in [0, 0.1) is 13.8 Å². The van der Waals surface area contributed by atoms with Crippen molar-refractivity contribution in [1.29, 1.82) is 0 Å². The van der Waals surface area contributed by atoms with Crippen LogP contribution in [0.3, 0.4) is 0 Å². The van der Waals surface area contributed by atoms with Crippen molar-refractivity contribution in [1.82, 2.24) is 14.5 Å². The normalized spacial score (nSPS) is 10.8. The van der Waals surface area contributed by atoms with Crippen LogP contribution in [-0.2, 0) is 13.5 Å². The number of Topliss-reactive ketones (excluding diaryl/α,β-unsaturated/α-hetero) is 1. The lowest BCUT2D eigenvalue weighted by Gasteiger charge is -2.00. The summed E-state index contributed by atoms with van der Waals surface area (Å²) in [7, 11) is 1.94. The van der Waals surface area contributed by atoms with Gasteiger partial charge < -0.3 is 4.57 Å². The van der Waals surface area contributed by atoms with E-state index in [1.54, 1.807) is 6.20 Å². The van der Waals surface area contributed by atoms with Gasteiger partial charge in [-0.3, -0.25) is 4.79 Å². The number of hydrogen-bond donors (Lipinski definition) is 0. The quantitative estimate of drug-likeness (QED) is 0.781. The molecule has 4 nitrogen and oxygen atoms in total. The lowest BCUT2D eigenvalue weighted by molar-refractivity contribution is 0.0985. The van der Waals surface area contributed by atoms with Crippen molar-refractivity contribution in [2.45, 2.75) is 26.7 Å². The molecule has 2 rings (SSSR count). The number of carbonyl (C=O) groups excluding carboxylic acids is 1. The minimum Gasteiger partial charge on any atom is -0.338 e. The first-order valence-corrected chi connectivity index (χ1v) is 6.33. The monoisotopic (exact) mass is 249 g/mol. The molecule has 2 aromatic rings. The van der Waals surface area contributed by atoms with Crippen LogP contribution >= 0.6 is 11.3 Å². The first-order valence-electron chi connectivity index (χ1n) is 5.51. The van der Waals surface area contributed by atoms with E-state index in [1.807, 2.05) is 31.7 Å². The van der Waals surface area contributed by atoms with Crippen LogP contribution in [0.4, 0.5) is 0 Å². The van der Waals surface area contributed by atoms with E-state index >= 15 is 0 Å². The third-order valence-electron chi connectivity index (χ3n) is 2.65. The van der Waals surface area contributed by atoms with Crippen molar-refractivity contribution < 1.29 is 4.79 Å². The van der Waals surface area contributed by atoms with Gasteiger partial charge in [-0.05, 0) is 13.8 Å². The molecule has 90 valence electrons. The number of thiazole rings is 1. The fourth-order valence-corrected chi connectivity index (χ4v) is 2.65. The zero-order valence-electron chi connectivity index (χ0n) is 10.2. The second kappa shape index (κ2) is 4.79. The molecule has 17 heavy (non-hydrogen) atoms. The van der Waals surface area contributed by atoms with Gasteiger partial charge in [-0.15, -0.1) is 11.3 Å². The molecule has 0 spiro atoms. The number of rotatable bonds is 4. The lowest BCUT2D eigenvalue weighted by atomic mass is 10.1. The predicted octanol–water partition coefficient (Wildman–Crippen LogP) is 2.31. The Morgan fingerprint density at radius 1 is 1.47 bits per heavy atom. The molecule has 0 saturated heterocycles. The Balaban J connectivity index is 2.03. The van der Waals surface area contributed by atoms with Crippen LogP contribution in [0.2, 0.25) is 0 Å². The van der Waals surface area contributed by atoms with Gasteiger partial charge in [0.1, 0.15) is 5.82 Å². The van der Waals surface area contributed by atoms with E-state index in [0.717, 1.165) is 21.4 Å². The van der Waals surface area contributed by atoms with Crippen molar-refractivity contribution in [3.8, 4) is 0 Å². The minimum absolute atomic E-state index is 0.163. The molecule has 0 fully saturated rings. The van der Waals surface area contributed by atoms with E-state index in [-0.39, 0.29) is 5.78 Å². The summed E-state index contributed by atoms with van der Waals surface area (Å²) in [6.45, 7) is 3.81. The molecule has 0 radical (unpaired) electrons. The first-order chi connectivity index (χ1) is 8.08. The second-order valence-corrected chi connectivity index (χ2v) is 5.23. The highest BCUT2D eigenvalue weighted by Gasteiger charge is 2.14. The molecule has 0 aromatic carbocycles. The molecule has 0 saturated carbocycles. The molecular formula is C12H15N3OS. The molecule has 0 atom stereocenters. The molecule has 0 amide bonds. The Kier molecular flexibility index (Phi) is 3.38. The molecule has 5 heteroatoms. The van der Waals surface area contributed by atoms with Crippen LogP contribution < -0.4 is 0 Å². The van der Waals surface area contributed by atoms with Crippen LogP contribution in [-0.4, -0.2) is 20.3 Å². The molecule has 0 N–H and O–H groups in total. The summed E-state index contributed by atoms with van der Waals surface area (Å²) in [5.41, 5.74) is 0.845. The summed E-state index contributed by atoms with van der Waals surface area (Å²) < 4.78 is 1.94. The number of aromatic nitrogens is 3. The average molecular weight is 249 g/mol. The van der Waals surface area contributed by atoms with E-state index in [4.69, 9.17) is 0 Å². The van der Waals surface area contributed by atoms with Gasteiger partial charge in [0, 0.05) is 32.3 Å². The van der Waals surface area contributed by atoms with Crippen LogP contribution in [0.25, 0.3) is 0 Å². The minimum atomic E-state index is 0.163. The maximum atomic E-state index is 12.0. The van der Waals surface area contributed by atoms with Gasteiger partial charge in [0.25, 0.3) is 0 Å². The van der Waals surface area contributed by atoms with Crippen LogP contribution in [0.1, 0.15) is 32.6 Å². The van der Waals surface area contributed by atoms with Gasteiger partial charge in [0.2, 0.25) is 0 Å². The Hall–Kier alpha value is -1.49. The van der Waals surface area contributed by atoms with E-state index in [1.165, 1.54) is 11.3 Å². The number of aryl methyl sites for hydroxylation is 4. The highest BCUT2D eigenvalue weighted by molar-refractivity contribution is 7.13. The highest BCUT2D eigenvalue weighted by atomic mass is 32.1. The second-order valence-electron chi connectivity index (χ2n) is 4.02. The molecule has 0 aliphatic rings. The summed E-state index contributed by atoms with van der Waals surface area (Å²) in [5, 5.41) is 0.947. The van der Waals surface area contributed by atoms with Crippen molar-refractivity contribution in [3.63, 3.8) is 0 Å². The highest BCUT2D eigenvalue weighted by Crippen LogP contribution is 2.19. The molecule has 0 aliphatic heterocycles. The van der Waals surface area contributed by atoms with Gasteiger partial charge in [0.05, 0.1) is 15.6 Å². The van der Waals surface area contributed by atoms with Gasteiger partial charge in [0.15, 0.2) is 5.78 Å². The third kappa shape index (κ3) is 2.61. The average Bonchev–Trinajstić information content (AvgIpc) is 2.81.